The van der Waals surface area contributed by atoms with E-state index in [1.54, 1.807) is 0 Å². The minimum absolute atomic E-state index is 0.185. The molecule has 1 aliphatic rings. The van der Waals surface area contributed by atoms with E-state index >= 15 is 0 Å². The molecule has 19 heavy (non-hydrogen) atoms. The van der Waals surface area contributed by atoms with Crippen LogP contribution in [0.1, 0.15) is 44.7 Å². The summed E-state index contributed by atoms with van der Waals surface area (Å²) >= 11 is 9.65. The van der Waals surface area contributed by atoms with Crippen molar-refractivity contribution in [1.82, 2.24) is 5.43 Å². The Labute approximate surface area is 129 Å². The smallest absolute Gasteiger partial charge is 0.0489 e. The van der Waals surface area contributed by atoms with Crippen molar-refractivity contribution in [3.63, 3.8) is 0 Å². The molecule has 1 fully saturated rings. The van der Waals surface area contributed by atoms with Crippen molar-refractivity contribution < 1.29 is 0 Å². The maximum Gasteiger partial charge on any atom is 0.0489 e. The van der Waals surface area contributed by atoms with Gasteiger partial charge in [0.1, 0.15) is 0 Å². The van der Waals surface area contributed by atoms with Crippen LogP contribution in [0.2, 0.25) is 5.02 Å². The molecule has 4 atom stereocenters. The maximum absolute atomic E-state index is 6.14. The van der Waals surface area contributed by atoms with Crippen molar-refractivity contribution in [2.24, 2.45) is 23.6 Å². The summed E-state index contributed by atoms with van der Waals surface area (Å²) in [5, 5.41) is 0.752. The molecule has 0 saturated heterocycles. The Morgan fingerprint density at radius 3 is 2.58 bits per heavy atom. The first-order valence-corrected chi connectivity index (χ1v) is 8.10. The molecule has 4 heteroatoms. The van der Waals surface area contributed by atoms with Gasteiger partial charge in [-0.15, -0.1) is 0 Å². The molecule has 0 aliphatic heterocycles. The van der Waals surface area contributed by atoms with Crippen molar-refractivity contribution in [1.29, 1.82) is 0 Å². The van der Waals surface area contributed by atoms with E-state index in [1.165, 1.54) is 24.8 Å². The van der Waals surface area contributed by atoms with Crippen LogP contribution in [0.5, 0.6) is 0 Å². The zero-order valence-corrected chi connectivity index (χ0v) is 13.8. The number of halogens is 2. The topological polar surface area (TPSA) is 38.0 Å². The minimum atomic E-state index is 0.185. The molecular formula is C15H22BrClN2. The summed E-state index contributed by atoms with van der Waals surface area (Å²) in [6, 6.07) is 6.22. The van der Waals surface area contributed by atoms with Gasteiger partial charge in [0.2, 0.25) is 0 Å². The summed E-state index contributed by atoms with van der Waals surface area (Å²) in [6.07, 6.45) is 3.73. The van der Waals surface area contributed by atoms with Crippen molar-refractivity contribution in [2.75, 3.05) is 0 Å². The molecule has 0 spiro atoms. The molecule has 2 rings (SSSR count). The number of hydrogen-bond acceptors (Lipinski definition) is 2. The molecule has 0 amide bonds. The summed E-state index contributed by atoms with van der Waals surface area (Å²) in [6.45, 7) is 4.69. The van der Waals surface area contributed by atoms with Gasteiger partial charge in [-0.2, -0.15) is 0 Å². The number of hydrogen-bond donors (Lipinski definition) is 2. The van der Waals surface area contributed by atoms with Crippen LogP contribution in [-0.4, -0.2) is 0 Å². The summed E-state index contributed by atoms with van der Waals surface area (Å²) in [5.41, 5.74) is 4.17. The number of hydrazine groups is 1. The standard InChI is InChI=1S/C15H22BrClN2/c1-9-3-4-11(5-10(9)2)15(19-18)12-6-13(16)8-14(17)7-12/h6-11,15,19H,3-5,18H2,1-2H3. The Bertz CT molecular complexity index is 418. The van der Waals surface area contributed by atoms with Crippen molar-refractivity contribution >= 4 is 27.5 Å². The molecule has 1 saturated carbocycles. The van der Waals surface area contributed by atoms with Gasteiger partial charge in [0.05, 0.1) is 0 Å². The third-order valence-corrected chi connectivity index (χ3v) is 5.21. The lowest BCUT2D eigenvalue weighted by Gasteiger charge is -2.36. The van der Waals surface area contributed by atoms with Gasteiger partial charge in [0.25, 0.3) is 0 Å². The Kier molecular flexibility index (Phi) is 5.29. The average Bonchev–Trinajstić information content (AvgIpc) is 2.33. The Morgan fingerprint density at radius 1 is 1.26 bits per heavy atom. The van der Waals surface area contributed by atoms with Crippen LogP contribution in [0, 0.1) is 17.8 Å². The van der Waals surface area contributed by atoms with Crippen molar-refractivity contribution in [3.8, 4) is 0 Å². The molecule has 4 unspecified atom stereocenters. The van der Waals surface area contributed by atoms with Crippen LogP contribution in [-0.2, 0) is 0 Å². The summed E-state index contributed by atoms with van der Waals surface area (Å²) in [7, 11) is 0. The fourth-order valence-electron chi connectivity index (χ4n) is 3.15. The van der Waals surface area contributed by atoms with E-state index in [-0.39, 0.29) is 6.04 Å². The molecule has 0 radical (unpaired) electrons. The third kappa shape index (κ3) is 3.72. The highest BCUT2D eigenvalue weighted by Crippen LogP contribution is 2.40. The van der Waals surface area contributed by atoms with Gasteiger partial charge >= 0.3 is 0 Å². The van der Waals surface area contributed by atoms with Crippen LogP contribution in [0.4, 0.5) is 0 Å². The predicted molar refractivity (Wildman–Crippen MR) is 84.9 cm³/mol. The zero-order valence-electron chi connectivity index (χ0n) is 11.5. The van der Waals surface area contributed by atoms with Gasteiger partial charge in [-0.25, -0.2) is 0 Å². The summed E-state index contributed by atoms with van der Waals surface area (Å²) < 4.78 is 1.01. The normalized spacial score (nSPS) is 29.2. The molecular weight excluding hydrogens is 324 g/mol. The number of rotatable bonds is 3. The quantitative estimate of drug-likeness (QED) is 0.616. The Hall–Kier alpha value is -0.0900. The van der Waals surface area contributed by atoms with Crippen LogP contribution in [0.25, 0.3) is 0 Å². The van der Waals surface area contributed by atoms with E-state index in [1.807, 2.05) is 12.1 Å². The fraction of sp³-hybridized carbons (Fsp3) is 0.600. The largest absolute Gasteiger partial charge is 0.271 e. The number of nitrogens with one attached hydrogen (secondary N) is 1. The molecule has 3 N–H and O–H groups in total. The second kappa shape index (κ2) is 6.57. The van der Waals surface area contributed by atoms with Crippen LogP contribution < -0.4 is 11.3 Å². The maximum atomic E-state index is 6.14. The SMILES string of the molecule is CC1CCC(C(NN)c2cc(Cl)cc(Br)c2)CC1C. The van der Waals surface area contributed by atoms with Gasteiger partial charge in [0.15, 0.2) is 0 Å². The predicted octanol–water partition coefficient (Wildman–Crippen LogP) is 4.68. The van der Waals surface area contributed by atoms with Gasteiger partial charge in [-0.1, -0.05) is 47.8 Å². The van der Waals surface area contributed by atoms with Gasteiger partial charge in [-0.05, 0) is 54.4 Å². The minimum Gasteiger partial charge on any atom is -0.271 e. The van der Waals surface area contributed by atoms with Gasteiger partial charge in [0, 0.05) is 15.5 Å². The molecule has 0 heterocycles. The van der Waals surface area contributed by atoms with Crippen LogP contribution >= 0.6 is 27.5 Å². The first-order valence-electron chi connectivity index (χ1n) is 6.93. The summed E-state index contributed by atoms with van der Waals surface area (Å²) in [4.78, 5) is 0. The van der Waals surface area contributed by atoms with Crippen molar-refractivity contribution in [3.05, 3.63) is 33.3 Å². The molecule has 106 valence electrons. The monoisotopic (exact) mass is 344 g/mol. The first-order chi connectivity index (χ1) is 9.01. The van der Waals surface area contributed by atoms with E-state index < -0.39 is 0 Å². The van der Waals surface area contributed by atoms with Gasteiger partial charge < -0.3 is 0 Å². The fourth-order valence-corrected chi connectivity index (χ4v) is 4.04. The molecule has 1 aromatic rings. The highest BCUT2D eigenvalue weighted by atomic mass is 79.9. The van der Waals surface area contributed by atoms with E-state index in [0.29, 0.717) is 5.92 Å². The lowest BCUT2D eigenvalue weighted by atomic mass is 9.72. The number of nitrogens with two attached hydrogens (primary N) is 1. The second-order valence-electron chi connectivity index (χ2n) is 5.87. The molecule has 1 aromatic carbocycles. The lowest BCUT2D eigenvalue weighted by Crippen LogP contribution is -2.36. The molecule has 1 aliphatic carbocycles. The van der Waals surface area contributed by atoms with E-state index in [9.17, 15) is 0 Å². The lowest BCUT2D eigenvalue weighted by molar-refractivity contribution is 0.171. The third-order valence-electron chi connectivity index (χ3n) is 4.53. The average molecular weight is 346 g/mol. The Balaban J connectivity index is 2.19. The molecule has 0 bridgehead atoms. The molecule has 2 nitrogen and oxygen atoms in total. The van der Waals surface area contributed by atoms with Crippen molar-refractivity contribution in [2.45, 2.75) is 39.2 Å². The zero-order chi connectivity index (χ0) is 14.0. The summed E-state index contributed by atoms with van der Waals surface area (Å²) in [5.74, 6) is 7.97. The van der Waals surface area contributed by atoms with Crippen LogP contribution in [0.15, 0.2) is 22.7 Å². The van der Waals surface area contributed by atoms with E-state index in [0.717, 1.165) is 21.3 Å². The van der Waals surface area contributed by atoms with E-state index in [4.69, 9.17) is 17.4 Å². The number of benzene rings is 1. The van der Waals surface area contributed by atoms with E-state index in [2.05, 4.69) is 41.3 Å². The van der Waals surface area contributed by atoms with Gasteiger partial charge in [-0.3, -0.25) is 11.3 Å². The Morgan fingerprint density at radius 2 is 2.00 bits per heavy atom. The highest BCUT2D eigenvalue weighted by Gasteiger charge is 2.30. The highest BCUT2D eigenvalue weighted by molar-refractivity contribution is 9.10. The molecule has 0 aromatic heterocycles. The van der Waals surface area contributed by atoms with Crippen LogP contribution in [0.3, 0.4) is 0 Å². The first kappa shape index (κ1) is 15.3. The second-order valence-corrected chi connectivity index (χ2v) is 7.23.